The average molecular weight is 163 g/mol. The van der Waals surface area contributed by atoms with Crippen molar-refractivity contribution in [1.29, 1.82) is 0 Å². The minimum Gasteiger partial charge on any atom is -0.397 e. The maximum atomic E-state index is 11.0. The predicted octanol–water partition coefficient (Wildman–Crippen LogP) is -0.123. The number of nitrogens with zero attached hydrogens (tertiary/aromatic N) is 1. The molecule has 1 fully saturated rings. The first kappa shape index (κ1) is 7.09. The van der Waals surface area contributed by atoms with Gasteiger partial charge in [-0.3, -0.25) is 9.78 Å². The van der Waals surface area contributed by atoms with E-state index < -0.39 is 0 Å². The van der Waals surface area contributed by atoms with Crippen LogP contribution in [-0.4, -0.2) is 17.4 Å². The molecule has 0 radical (unpaired) electrons. The Kier molecular flexibility index (Phi) is 1.46. The van der Waals surface area contributed by atoms with Crippen molar-refractivity contribution >= 4 is 11.6 Å². The molecule has 62 valence electrons. The summed E-state index contributed by atoms with van der Waals surface area (Å²) in [5.74, 6) is -0.119. The number of nitrogen functional groups attached to an aromatic ring is 1. The maximum Gasteiger partial charge on any atom is 0.231 e. The number of carbonyl (C=O) groups excluding carboxylic acids is 1. The van der Waals surface area contributed by atoms with Crippen molar-refractivity contribution in [2.45, 2.75) is 5.92 Å². The van der Waals surface area contributed by atoms with Gasteiger partial charge in [0.25, 0.3) is 0 Å². The molecule has 1 atom stereocenters. The molecule has 1 aromatic rings. The van der Waals surface area contributed by atoms with E-state index in [0.29, 0.717) is 17.9 Å². The number of anilines is 1. The molecule has 0 bridgehead atoms. The largest absolute Gasteiger partial charge is 0.397 e. The number of aromatic nitrogens is 1. The lowest BCUT2D eigenvalue weighted by Crippen LogP contribution is -2.47. The van der Waals surface area contributed by atoms with Crippen LogP contribution in [0, 0.1) is 0 Å². The fourth-order valence-corrected chi connectivity index (χ4v) is 1.23. The van der Waals surface area contributed by atoms with Crippen LogP contribution >= 0.6 is 0 Å². The number of β-lactam (4-membered cyclic amide) rings is 1. The molecule has 1 aliphatic rings. The van der Waals surface area contributed by atoms with Crippen molar-refractivity contribution in [2.75, 3.05) is 12.3 Å². The lowest BCUT2D eigenvalue weighted by molar-refractivity contribution is -0.127. The van der Waals surface area contributed by atoms with E-state index in [-0.39, 0.29) is 11.8 Å². The highest BCUT2D eigenvalue weighted by Crippen LogP contribution is 2.23. The Morgan fingerprint density at radius 2 is 2.50 bits per heavy atom. The van der Waals surface area contributed by atoms with E-state index in [9.17, 15) is 4.79 Å². The van der Waals surface area contributed by atoms with Gasteiger partial charge in [0.15, 0.2) is 0 Å². The molecule has 0 saturated carbocycles. The molecule has 1 unspecified atom stereocenters. The molecule has 4 nitrogen and oxygen atoms in total. The van der Waals surface area contributed by atoms with Crippen LogP contribution in [0.5, 0.6) is 0 Å². The standard InChI is InChI=1S/C8H9N3O/c9-6-2-1-3-10-7(6)5-4-11-8(5)12/h1-3,5H,4,9H2,(H,11,12). The van der Waals surface area contributed by atoms with Gasteiger partial charge in [0, 0.05) is 12.7 Å². The number of pyridine rings is 1. The second-order valence-electron chi connectivity index (χ2n) is 2.78. The molecular weight excluding hydrogens is 154 g/mol. The Balaban J connectivity index is 2.33. The van der Waals surface area contributed by atoms with Gasteiger partial charge in [-0.25, -0.2) is 0 Å². The highest BCUT2D eigenvalue weighted by atomic mass is 16.2. The summed E-state index contributed by atoms with van der Waals surface area (Å²) in [6.45, 7) is 0.653. The van der Waals surface area contributed by atoms with Gasteiger partial charge < -0.3 is 11.1 Å². The van der Waals surface area contributed by atoms with E-state index in [4.69, 9.17) is 5.73 Å². The molecule has 12 heavy (non-hydrogen) atoms. The predicted molar refractivity (Wildman–Crippen MR) is 44.4 cm³/mol. The van der Waals surface area contributed by atoms with E-state index in [1.165, 1.54) is 0 Å². The fourth-order valence-electron chi connectivity index (χ4n) is 1.23. The van der Waals surface area contributed by atoms with Gasteiger partial charge in [0.1, 0.15) is 0 Å². The first-order chi connectivity index (χ1) is 5.79. The summed E-state index contributed by atoms with van der Waals surface area (Å²) in [4.78, 5) is 15.0. The molecule has 0 aliphatic carbocycles. The van der Waals surface area contributed by atoms with Crippen LogP contribution in [0.3, 0.4) is 0 Å². The Labute approximate surface area is 69.8 Å². The zero-order valence-corrected chi connectivity index (χ0v) is 6.45. The summed E-state index contributed by atoms with van der Waals surface area (Å²) in [6, 6.07) is 3.52. The van der Waals surface area contributed by atoms with Gasteiger partial charge in [-0.15, -0.1) is 0 Å². The Bertz CT molecular complexity index is 324. The smallest absolute Gasteiger partial charge is 0.231 e. The van der Waals surface area contributed by atoms with Gasteiger partial charge in [-0.05, 0) is 12.1 Å². The van der Waals surface area contributed by atoms with Gasteiger partial charge in [0.05, 0.1) is 17.3 Å². The monoisotopic (exact) mass is 163 g/mol. The summed E-state index contributed by atoms with van der Waals surface area (Å²) >= 11 is 0. The number of carbonyl (C=O) groups is 1. The van der Waals surface area contributed by atoms with Crippen molar-refractivity contribution in [1.82, 2.24) is 10.3 Å². The minimum atomic E-state index is -0.133. The van der Waals surface area contributed by atoms with Crippen LogP contribution in [-0.2, 0) is 4.79 Å². The number of hydrogen-bond donors (Lipinski definition) is 2. The van der Waals surface area contributed by atoms with Crippen molar-refractivity contribution in [2.24, 2.45) is 0 Å². The Morgan fingerprint density at radius 3 is 3.00 bits per heavy atom. The van der Waals surface area contributed by atoms with E-state index in [2.05, 4.69) is 10.3 Å². The van der Waals surface area contributed by atoms with Gasteiger partial charge in [0.2, 0.25) is 5.91 Å². The van der Waals surface area contributed by atoms with Gasteiger partial charge >= 0.3 is 0 Å². The number of nitrogens with two attached hydrogens (primary N) is 1. The summed E-state index contributed by atoms with van der Waals surface area (Å²) in [5.41, 5.74) is 6.94. The van der Waals surface area contributed by atoms with Crippen LogP contribution in [0.15, 0.2) is 18.3 Å². The third-order valence-corrected chi connectivity index (χ3v) is 2.00. The van der Waals surface area contributed by atoms with Crippen molar-refractivity contribution in [3.63, 3.8) is 0 Å². The van der Waals surface area contributed by atoms with Crippen molar-refractivity contribution in [3.05, 3.63) is 24.0 Å². The summed E-state index contributed by atoms with van der Waals surface area (Å²) in [6.07, 6.45) is 1.65. The lowest BCUT2D eigenvalue weighted by Gasteiger charge is -2.25. The van der Waals surface area contributed by atoms with Crippen molar-refractivity contribution < 1.29 is 4.79 Å². The van der Waals surface area contributed by atoms with E-state index in [1.807, 2.05) is 0 Å². The fraction of sp³-hybridized carbons (Fsp3) is 0.250. The Morgan fingerprint density at radius 1 is 1.67 bits per heavy atom. The van der Waals surface area contributed by atoms with Crippen LogP contribution in [0.25, 0.3) is 0 Å². The molecular formula is C8H9N3O. The normalized spacial score (nSPS) is 21.3. The van der Waals surface area contributed by atoms with E-state index in [0.717, 1.165) is 0 Å². The summed E-state index contributed by atoms with van der Waals surface area (Å²) in [7, 11) is 0. The molecule has 1 amide bonds. The molecule has 2 heterocycles. The molecule has 0 spiro atoms. The van der Waals surface area contributed by atoms with Crippen LogP contribution in [0.4, 0.5) is 5.69 Å². The molecule has 4 heteroatoms. The van der Waals surface area contributed by atoms with E-state index >= 15 is 0 Å². The molecule has 0 aromatic carbocycles. The van der Waals surface area contributed by atoms with Crippen LogP contribution < -0.4 is 11.1 Å². The first-order valence-electron chi connectivity index (χ1n) is 3.77. The minimum absolute atomic E-state index is 0.0143. The summed E-state index contributed by atoms with van der Waals surface area (Å²) < 4.78 is 0. The molecule has 1 aromatic heterocycles. The van der Waals surface area contributed by atoms with Crippen LogP contribution in [0.2, 0.25) is 0 Å². The zero-order valence-electron chi connectivity index (χ0n) is 6.45. The highest BCUT2D eigenvalue weighted by molar-refractivity contribution is 5.90. The van der Waals surface area contributed by atoms with Crippen LogP contribution in [0.1, 0.15) is 11.6 Å². The first-order valence-corrected chi connectivity index (χ1v) is 3.77. The number of nitrogens with one attached hydrogen (secondary N) is 1. The number of hydrogen-bond acceptors (Lipinski definition) is 3. The van der Waals surface area contributed by atoms with Gasteiger partial charge in [-0.1, -0.05) is 0 Å². The average Bonchev–Trinajstić information content (AvgIpc) is 2.06. The second kappa shape index (κ2) is 2.48. The second-order valence-corrected chi connectivity index (χ2v) is 2.78. The number of rotatable bonds is 1. The quantitative estimate of drug-likeness (QED) is 0.567. The Hall–Kier alpha value is -1.58. The third-order valence-electron chi connectivity index (χ3n) is 2.00. The lowest BCUT2D eigenvalue weighted by atomic mass is 9.96. The maximum absolute atomic E-state index is 11.0. The number of amides is 1. The molecule has 3 N–H and O–H groups in total. The molecule has 1 aliphatic heterocycles. The topological polar surface area (TPSA) is 68.0 Å². The zero-order chi connectivity index (χ0) is 8.55. The SMILES string of the molecule is Nc1cccnc1C1CNC1=O. The summed E-state index contributed by atoms with van der Waals surface area (Å²) in [5, 5.41) is 2.65. The molecule has 1 saturated heterocycles. The van der Waals surface area contributed by atoms with Gasteiger partial charge in [-0.2, -0.15) is 0 Å². The highest BCUT2D eigenvalue weighted by Gasteiger charge is 2.31. The van der Waals surface area contributed by atoms with E-state index in [1.54, 1.807) is 18.3 Å². The van der Waals surface area contributed by atoms with Crippen molar-refractivity contribution in [3.8, 4) is 0 Å². The third kappa shape index (κ3) is 0.922. The molecule has 2 rings (SSSR count).